The Morgan fingerprint density at radius 2 is 1.89 bits per heavy atom. The number of methoxy groups -OCH3 is 1. The quantitative estimate of drug-likeness (QED) is 0.343. The molecule has 0 aliphatic carbocycles. The SMILES string of the molecule is CC/C=C(\CC)CCN1COc2c(cc(CN3CCN(c4ccccc4OC)CC3)c3cccnc23)C1. The van der Waals surface area contributed by atoms with Crippen LogP contribution in [0, 0.1) is 0 Å². The van der Waals surface area contributed by atoms with Gasteiger partial charge in [-0.2, -0.15) is 0 Å². The highest BCUT2D eigenvalue weighted by Gasteiger charge is 2.24. The van der Waals surface area contributed by atoms with Gasteiger partial charge in [0.05, 0.1) is 12.8 Å². The fraction of sp³-hybridized carbons (Fsp3) is 0.452. The third-order valence-corrected chi connectivity index (χ3v) is 7.68. The normalized spacial score (nSPS) is 17.1. The van der Waals surface area contributed by atoms with Crippen LogP contribution < -0.4 is 14.4 Å². The van der Waals surface area contributed by atoms with E-state index in [9.17, 15) is 0 Å². The average molecular weight is 501 g/mol. The van der Waals surface area contributed by atoms with E-state index in [1.165, 1.54) is 22.2 Å². The van der Waals surface area contributed by atoms with Gasteiger partial charge >= 0.3 is 0 Å². The summed E-state index contributed by atoms with van der Waals surface area (Å²) in [6.07, 6.45) is 7.61. The van der Waals surface area contributed by atoms with Gasteiger partial charge in [-0.1, -0.05) is 43.7 Å². The van der Waals surface area contributed by atoms with E-state index in [1.807, 2.05) is 24.4 Å². The summed E-state index contributed by atoms with van der Waals surface area (Å²) in [5.74, 6) is 1.92. The van der Waals surface area contributed by atoms with Crippen LogP contribution in [0.15, 0.2) is 60.3 Å². The van der Waals surface area contributed by atoms with E-state index >= 15 is 0 Å². The molecule has 196 valence electrons. The second kappa shape index (κ2) is 12.0. The minimum absolute atomic E-state index is 0.631. The lowest BCUT2D eigenvalue weighted by Crippen LogP contribution is -2.46. The van der Waals surface area contributed by atoms with Gasteiger partial charge < -0.3 is 14.4 Å². The molecule has 0 N–H and O–H groups in total. The summed E-state index contributed by atoms with van der Waals surface area (Å²) in [6.45, 7) is 12.0. The van der Waals surface area contributed by atoms with Crippen LogP contribution in [0.2, 0.25) is 0 Å². The van der Waals surface area contributed by atoms with E-state index in [2.05, 4.69) is 58.9 Å². The van der Waals surface area contributed by atoms with E-state index in [1.54, 1.807) is 12.7 Å². The van der Waals surface area contributed by atoms with Crippen LogP contribution in [0.3, 0.4) is 0 Å². The molecule has 3 heterocycles. The van der Waals surface area contributed by atoms with Crippen molar-refractivity contribution in [2.75, 3.05) is 51.5 Å². The molecule has 1 aromatic heterocycles. The Kier molecular flexibility index (Phi) is 8.27. The van der Waals surface area contributed by atoms with Crippen molar-refractivity contribution in [2.24, 2.45) is 0 Å². The molecule has 0 radical (unpaired) electrons. The number of aromatic nitrogens is 1. The number of hydrogen-bond acceptors (Lipinski definition) is 6. The Hall–Kier alpha value is -3.09. The van der Waals surface area contributed by atoms with Crippen LogP contribution in [0.25, 0.3) is 10.9 Å². The van der Waals surface area contributed by atoms with E-state index in [-0.39, 0.29) is 0 Å². The van der Waals surface area contributed by atoms with Gasteiger partial charge in [-0.25, -0.2) is 0 Å². The molecule has 2 aliphatic heterocycles. The molecule has 0 spiro atoms. The summed E-state index contributed by atoms with van der Waals surface area (Å²) in [7, 11) is 1.75. The lowest BCUT2D eigenvalue weighted by molar-refractivity contribution is 0.0977. The predicted octanol–water partition coefficient (Wildman–Crippen LogP) is 5.85. The van der Waals surface area contributed by atoms with Gasteiger partial charge in [0, 0.05) is 63.0 Å². The van der Waals surface area contributed by atoms with E-state index in [0.29, 0.717) is 6.73 Å². The fourth-order valence-electron chi connectivity index (χ4n) is 5.64. The maximum absolute atomic E-state index is 6.32. The lowest BCUT2D eigenvalue weighted by Gasteiger charge is -2.37. The summed E-state index contributed by atoms with van der Waals surface area (Å²) in [4.78, 5) is 12.2. The minimum atomic E-state index is 0.631. The van der Waals surface area contributed by atoms with E-state index in [0.717, 1.165) is 82.1 Å². The topological polar surface area (TPSA) is 41.1 Å². The molecule has 0 saturated carbocycles. The number of anilines is 1. The summed E-state index contributed by atoms with van der Waals surface area (Å²) < 4.78 is 11.9. The summed E-state index contributed by atoms with van der Waals surface area (Å²) >= 11 is 0. The number of fused-ring (bicyclic) bond motifs is 3. The molecule has 0 amide bonds. The highest BCUT2D eigenvalue weighted by Crippen LogP contribution is 2.36. The number of nitrogens with zero attached hydrogens (tertiary/aromatic N) is 4. The first kappa shape index (κ1) is 25.6. The third kappa shape index (κ3) is 5.76. The Bertz CT molecular complexity index is 1230. The van der Waals surface area contributed by atoms with Gasteiger partial charge in [0.15, 0.2) is 5.75 Å². The second-order valence-corrected chi connectivity index (χ2v) is 10.1. The number of allylic oxidation sites excluding steroid dienone is 1. The smallest absolute Gasteiger partial charge is 0.152 e. The number of rotatable bonds is 9. The number of benzene rings is 2. The maximum Gasteiger partial charge on any atom is 0.152 e. The Morgan fingerprint density at radius 3 is 2.68 bits per heavy atom. The van der Waals surface area contributed by atoms with Crippen LogP contribution in [0.5, 0.6) is 11.5 Å². The standard InChI is InChI=1S/C31H40N4O2/c1-4-9-24(5-2)13-15-34-22-26-20-25(27-10-8-14-32-30(27)31(26)37-23-34)21-33-16-18-35(19-17-33)28-11-6-7-12-29(28)36-3/h6-12,14,20H,4-5,13,15-19,21-23H2,1-3H3/b24-9+. The average Bonchev–Trinajstić information content (AvgIpc) is 2.95. The molecule has 1 fully saturated rings. The van der Waals surface area contributed by atoms with Crippen LogP contribution in [-0.2, 0) is 13.1 Å². The first-order valence-corrected chi connectivity index (χ1v) is 13.7. The van der Waals surface area contributed by atoms with Crippen molar-refractivity contribution in [1.29, 1.82) is 0 Å². The fourth-order valence-corrected chi connectivity index (χ4v) is 5.64. The van der Waals surface area contributed by atoms with Crippen molar-refractivity contribution < 1.29 is 9.47 Å². The largest absolute Gasteiger partial charge is 0.495 e. The summed E-state index contributed by atoms with van der Waals surface area (Å²) in [5, 5.41) is 1.21. The molecule has 6 heteroatoms. The summed E-state index contributed by atoms with van der Waals surface area (Å²) in [5.41, 5.74) is 6.34. The van der Waals surface area contributed by atoms with E-state index < -0.39 is 0 Å². The second-order valence-electron chi connectivity index (χ2n) is 10.1. The molecule has 1 saturated heterocycles. The first-order chi connectivity index (χ1) is 18.2. The van der Waals surface area contributed by atoms with Crippen molar-refractivity contribution in [3.8, 4) is 11.5 Å². The predicted molar refractivity (Wildman–Crippen MR) is 151 cm³/mol. The van der Waals surface area contributed by atoms with Crippen LogP contribution >= 0.6 is 0 Å². The van der Waals surface area contributed by atoms with Crippen LogP contribution in [0.4, 0.5) is 5.69 Å². The van der Waals surface area contributed by atoms with Gasteiger partial charge in [-0.15, -0.1) is 0 Å². The Morgan fingerprint density at radius 1 is 1.05 bits per heavy atom. The molecular weight excluding hydrogens is 460 g/mol. The molecule has 0 atom stereocenters. The zero-order chi connectivity index (χ0) is 25.6. The monoisotopic (exact) mass is 500 g/mol. The minimum Gasteiger partial charge on any atom is -0.495 e. The van der Waals surface area contributed by atoms with Crippen molar-refractivity contribution in [2.45, 2.75) is 46.2 Å². The van der Waals surface area contributed by atoms with Crippen LogP contribution in [0.1, 0.15) is 44.2 Å². The van der Waals surface area contributed by atoms with Crippen LogP contribution in [-0.4, -0.2) is 61.3 Å². The molecule has 0 bridgehead atoms. The van der Waals surface area contributed by atoms with Gasteiger partial charge in [0.25, 0.3) is 0 Å². The molecule has 6 nitrogen and oxygen atoms in total. The van der Waals surface area contributed by atoms with Gasteiger partial charge in [-0.3, -0.25) is 14.8 Å². The lowest BCUT2D eigenvalue weighted by atomic mass is 10.0. The zero-order valence-corrected chi connectivity index (χ0v) is 22.6. The first-order valence-electron chi connectivity index (χ1n) is 13.7. The molecule has 3 aromatic rings. The van der Waals surface area contributed by atoms with Crippen molar-refractivity contribution in [3.05, 3.63) is 71.4 Å². The zero-order valence-electron chi connectivity index (χ0n) is 22.6. The Balaban J connectivity index is 1.30. The molecule has 0 unspecified atom stereocenters. The molecule has 37 heavy (non-hydrogen) atoms. The van der Waals surface area contributed by atoms with Gasteiger partial charge in [0.2, 0.25) is 0 Å². The highest BCUT2D eigenvalue weighted by atomic mass is 16.5. The molecule has 5 rings (SSSR count). The maximum atomic E-state index is 6.32. The third-order valence-electron chi connectivity index (χ3n) is 7.68. The number of piperazine rings is 1. The Labute approximate surface area is 221 Å². The highest BCUT2D eigenvalue weighted by molar-refractivity contribution is 5.89. The molecule has 2 aliphatic rings. The van der Waals surface area contributed by atoms with Gasteiger partial charge in [-0.05, 0) is 49.1 Å². The number of ether oxygens (including phenoxy) is 2. The van der Waals surface area contributed by atoms with E-state index in [4.69, 9.17) is 14.5 Å². The van der Waals surface area contributed by atoms with Crippen molar-refractivity contribution in [1.82, 2.24) is 14.8 Å². The molecule has 2 aromatic carbocycles. The van der Waals surface area contributed by atoms with Crippen molar-refractivity contribution >= 4 is 16.6 Å². The molecular formula is C31H40N4O2. The van der Waals surface area contributed by atoms with Crippen molar-refractivity contribution in [3.63, 3.8) is 0 Å². The number of para-hydroxylation sites is 2. The number of hydrogen-bond donors (Lipinski definition) is 0. The number of pyridine rings is 1. The summed E-state index contributed by atoms with van der Waals surface area (Å²) in [6, 6.07) is 14.9. The van der Waals surface area contributed by atoms with Gasteiger partial charge in [0.1, 0.15) is 18.0 Å².